The van der Waals surface area contributed by atoms with Crippen molar-refractivity contribution in [2.75, 3.05) is 13.2 Å². The summed E-state index contributed by atoms with van der Waals surface area (Å²) in [7, 11) is 0. The minimum atomic E-state index is -1.76. The van der Waals surface area contributed by atoms with Crippen molar-refractivity contribution in [3.8, 4) is 0 Å². The summed E-state index contributed by atoms with van der Waals surface area (Å²) < 4.78 is 5.83. The van der Waals surface area contributed by atoms with Crippen LogP contribution in [0.2, 0.25) is 0 Å². The van der Waals surface area contributed by atoms with Gasteiger partial charge in [-0.25, -0.2) is 0 Å². The molecule has 0 radical (unpaired) electrons. The van der Waals surface area contributed by atoms with Gasteiger partial charge in [-0.1, -0.05) is 39.0 Å². The van der Waals surface area contributed by atoms with E-state index >= 15 is 0 Å². The topological polar surface area (TPSA) is 131 Å². The van der Waals surface area contributed by atoms with Crippen LogP contribution in [0.3, 0.4) is 0 Å². The SMILES string of the molecule is CC(O)C1C(C)CC2CC3CC4C(C5CCOC5)CC(CCC5CCCC5)C(O)C4C(O)C3C(O)[C@]2(O)C1O. The van der Waals surface area contributed by atoms with E-state index < -0.39 is 48.0 Å². The standard InChI is InChI=1S/C32H54O7/c1-16-11-22-12-21-14-24-23(20-9-10-39-15-20)13-19(8-7-18-5-3-4-6-18)28(34)27(24)29(35)26(21)31(37)32(22,38)30(36)25(16)17(2)33/h16-31,33-38H,3-15H2,1-2H3/t16?,17?,19?,20?,21?,22?,23?,24?,25?,26?,27?,28?,29?,30?,31?,32-/m1/s1. The molecule has 6 rings (SSSR count). The van der Waals surface area contributed by atoms with Crippen molar-refractivity contribution >= 4 is 0 Å². The molecule has 0 aromatic heterocycles. The number of ether oxygens (including phenoxy) is 1. The first kappa shape index (κ1) is 28.8. The van der Waals surface area contributed by atoms with E-state index in [4.69, 9.17) is 4.74 Å². The lowest BCUT2D eigenvalue weighted by atomic mass is 9.46. The molecule has 0 spiro atoms. The summed E-state index contributed by atoms with van der Waals surface area (Å²) >= 11 is 0. The molecule has 224 valence electrons. The zero-order chi connectivity index (χ0) is 27.6. The van der Waals surface area contributed by atoms with Gasteiger partial charge in [-0.15, -0.1) is 0 Å². The second-order valence-corrected chi connectivity index (χ2v) is 15.0. The molecule has 6 fully saturated rings. The van der Waals surface area contributed by atoms with Crippen molar-refractivity contribution in [2.24, 2.45) is 65.1 Å². The van der Waals surface area contributed by atoms with E-state index in [-0.39, 0.29) is 35.5 Å². The van der Waals surface area contributed by atoms with Gasteiger partial charge in [0.2, 0.25) is 0 Å². The smallest absolute Gasteiger partial charge is 0.120 e. The second kappa shape index (κ2) is 11.1. The molecule has 5 aliphatic carbocycles. The van der Waals surface area contributed by atoms with Crippen LogP contribution in [0.15, 0.2) is 0 Å². The molecule has 0 amide bonds. The van der Waals surface area contributed by atoms with Gasteiger partial charge in [-0.3, -0.25) is 0 Å². The third kappa shape index (κ3) is 4.74. The maximum absolute atomic E-state index is 12.0. The van der Waals surface area contributed by atoms with Crippen LogP contribution < -0.4 is 0 Å². The van der Waals surface area contributed by atoms with Crippen LogP contribution in [0.25, 0.3) is 0 Å². The summed E-state index contributed by atoms with van der Waals surface area (Å²) in [6.45, 7) is 5.21. The van der Waals surface area contributed by atoms with Gasteiger partial charge in [-0.05, 0) is 92.8 Å². The molecule has 1 saturated heterocycles. The fraction of sp³-hybridized carbons (Fsp3) is 1.00. The van der Waals surface area contributed by atoms with E-state index in [0.29, 0.717) is 24.7 Å². The summed E-state index contributed by atoms with van der Waals surface area (Å²) in [6, 6.07) is 0. The molecule has 16 atom stereocenters. The first-order chi connectivity index (χ1) is 18.6. The van der Waals surface area contributed by atoms with E-state index in [1.54, 1.807) is 6.92 Å². The van der Waals surface area contributed by atoms with Gasteiger partial charge in [0.15, 0.2) is 0 Å². The highest BCUT2D eigenvalue weighted by Crippen LogP contribution is 2.60. The zero-order valence-corrected chi connectivity index (χ0v) is 24.0. The summed E-state index contributed by atoms with van der Waals surface area (Å²) in [6.07, 6.45) is 6.61. The Bertz CT molecular complexity index is 840. The van der Waals surface area contributed by atoms with Crippen LogP contribution in [-0.4, -0.2) is 80.0 Å². The predicted molar refractivity (Wildman–Crippen MR) is 146 cm³/mol. The number of rotatable bonds is 5. The molecule has 6 aliphatic rings. The molecule has 7 heteroatoms. The average Bonchev–Trinajstić information content (AvgIpc) is 3.60. The fourth-order valence-corrected chi connectivity index (χ4v) is 11.3. The molecule has 0 aromatic carbocycles. The van der Waals surface area contributed by atoms with E-state index in [9.17, 15) is 30.6 Å². The third-order valence-corrected chi connectivity index (χ3v) is 13.2. The summed E-state index contributed by atoms with van der Waals surface area (Å²) in [4.78, 5) is 0. The number of fused-ring (bicyclic) bond motifs is 3. The maximum Gasteiger partial charge on any atom is 0.120 e. The quantitative estimate of drug-likeness (QED) is 0.310. The van der Waals surface area contributed by atoms with Crippen molar-refractivity contribution in [3.05, 3.63) is 0 Å². The van der Waals surface area contributed by atoms with E-state index in [0.717, 1.165) is 51.2 Å². The van der Waals surface area contributed by atoms with Gasteiger partial charge in [0.1, 0.15) is 5.60 Å². The molecule has 15 unspecified atom stereocenters. The molecule has 7 nitrogen and oxygen atoms in total. The molecule has 6 N–H and O–H groups in total. The van der Waals surface area contributed by atoms with Crippen LogP contribution in [0, 0.1) is 65.1 Å². The first-order valence-corrected chi connectivity index (χ1v) is 16.3. The van der Waals surface area contributed by atoms with Crippen molar-refractivity contribution < 1.29 is 35.4 Å². The molecule has 0 bridgehead atoms. The molecular weight excluding hydrogens is 496 g/mol. The highest BCUT2D eigenvalue weighted by molar-refractivity contribution is 5.16. The largest absolute Gasteiger partial charge is 0.393 e. The zero-order valence-electron chi connectivity index (χ0n) is 24.0. The van der Waals surface area contributed by atoms with Crippen LogP contribution in [0.1, 0.15) is 84.5 Å². The Morgan fingerprint density at radius 2 is 1.56 bits per heavy atom. The lowest BCUT2D eigenvalue weighted by Crippen LogP contribution is -2.73. The molecule has 5 saturated carbocycles. The van der Waals surface area contributed by atoms with Crippen LogP contribution >= 0.6 is 0 Å². The lowest BCUT2D eigenvalue weighted by molar-refractivity contribution is -0.291. The van der Waals surface area contributed by atoms with Crippen molar-refractivity contribution in [1.29, 1.82) is 0 Å². The van der Waals surface area contributed by atoms with Crippen LogP contribution in [0.5, 0.6) is 0 Å². The first-order valence-electron chi connectivity index (χ1n) is 16.3. The van der Waals surface area contributed by atoms with Gasteiger partial charge >= 0.3 is 0 Å². The van der Waals surface area contributed by atoms with E-state index in [1.165, 1.54) is 25.7 Å². The number of aliphatic hydroxyl groups excluding tert-OH is 5. The average molecular weight is 551 g/mol. The number of hydrogen-bond donors (Lipinski definition) is 6. The highest BCUT2D eigenvalue weighted by Gasteiger charge is 2.67. The second-order valence-electron chi connectivity index (χ2n) is 15.0. The maximum atomic E-state index is 12.0. The monoisotopic (exact) mass is 550 g/mol. The minimum Gasteiger partial charge on any atom is -0.393 e. The van der Waals surface area contributed by atoms with E-state index in [2.05, 4.69) is 0 Å². The third-order valence-electron chi connectivity index (χ3n) is 13.2. The molecule has 0 aromatic rings. The Hall–Kier alpha value is -0.280. The fourth-order valence-electron chi connectivity index (χ4n) is 11.3. The van der Waals surface area contributed by atoms with Crippen molar-refractivity contribution in [1.82, 2.24) is 0 Å². The Morgan fingerprint density at radius 3 is 2.23 bits per heavy atom. The molecule has 39 heavy (non-hydrogen) atoms. The number of aliphatic hydroxyl groups is 6. The normalized spacial score (nSPS) is 55.1. The summed E-state index contributed by atoms with van der Waals surface area (Å²) in [5.41, 5.74) is -1.76. The molecule has 1 heterocycles. The Balaban J connectivity index is 1.28. The van der Waals surface area contributed by atoms with Crippen LogP contribution in [0.4, 0.5) is 0 Å². The van der Waals surface area contributed by atoms with Gasteiger partial charge < -0.3 is 35.4 Å². The predicted octanol–water partition coefficient (Wildman–Crippen LogP) is 2.73. The van der Waals surface area contributed by atoms with E-state index in [1.807, 2.05) is 6.92 Å². The van der Waals surface area contributed by atoms with Crippen molar-refractivity contribution in [2.45, 2.75) is 121 Å². The van der Waals surface area contributed by atoms with Crippen molar-refractivity contribution in [3.63, 3.8) is 0 Å². The van der Waals surface area contributed by atoms with Gasteiger partial charge in [0, 0.05) is 31.0 Å². The summed E-state index contributed by atoms with van der Waals surface area (Å²) in [5.74, 6) is 0.266. The molecule has 1 aliphatic heterocycles. The Kier molecular flexibility index (Phi) is 8.20. The van der Waals surface area contributed by atoms with Crippen LogP contribution in [-0.2, 0) is 4.74 Å². The van der Waals surface area contributed by atoms with Gasteiger partial charge in [0.25, 0.3) is 0 Å². The Labute approximate surface area is 234 Å². The summed E-state index contributed by atoms with van der Waals surface area (Å²) in [5, 5.41) is 69.4. The van der Waals surface area contributed by atoms with Gasteiger partial charge in [0.05, 0.1) is 30.5 Å². The number of hydrogen-bond acceptors (Lipinski definition) is 7. The minimum absolute atomic E-state index is 0.0239. The Morgan fingerprint density at radius 1 is 0.821 bits per heavy atom. The lowest BCUT2D eigenvalue weighted by Gasteiger charge is -2.63. The molecular formula is C32H54O7. The highest BCUT2D eigenvalue weighted by atomic mass is 16.5. The van der Waals surface area contributed by atoms with Gasteiger partial charge in [-0.2, -0.15) is 0 Å².